The molecular weight excluding hydrogens is 278 g/mol. The summed E-state index contributed by atoms with van der Waals surface area (Å²) in [6, 6.07) is 13.7. The lowest BCUT2D eigenvalue weighted by atomic mass is 10.2. The molecule has 4 heteroatoms. The number of unbranched alkanes of at least 4 members (excludes halogenated alkanes) is 2. The van der Waals surface area contributed by atoms with Crippen LogP contribution in [0.1, 0.15) is 36.5 Å². The molecule has 0 saturated heterocycles. The van der Waals surface area contributed by atoms with Crippen molar-refractivity contribution in [2.75, 3.05) is 11.9 Å². The van der Waals surface area contributed by atoms with Crippen LogP contribution >= 0.6 is 0 Å². The molecule has 0 aliphatic carbocycles. The number of hydrogen-bond acceptors (Lipinski definition) is 3. The van der Waals surface area contributed by atoms with Gasteiger partial charge < -0.3 is 15.2 Å². The third kappa shape index (κ3) is 4.52. The maximum atomic E-state index is 12.1. The van der Waals surface area contributed by atoms with Crippen molar-refractivity contribution in [2.45, 2.75) is 26.2 Å². The molecule has 0 atom stereocenters. The van der Waals surface area contributed by atoms with Gasteiger partial charge in [-0.15, -0.1) is 0 Å². The van der Waals surface area contributed by atoms with Crippen LogP contribution in [0.4, 0.5) is 5.69 Å². The minimum atomic E-state index is -0.338. The molecule has 22 heavy (non-hydrogen) atoms. The van der Waals surface area contributed by atoms with Crippen molar-refractivity contribution >= 4 is 11.6 Å². The SMILES string of the molecule is CCCCCOc1ccc(NC(=O)c2ccccc2O)cc1. The van der Waals surface area contributed by atoms with Gasteiger partial charge in [-0.1, -0.05) is 31.9 Å². The highest BCUT2D eigenvalue weighted by Crippen LogP contribution is 2.20. The summed E-state index contributed by atoms with van der Waals surface area (Å²) in [4.78, 5) is 12.1. The molecule has 0 aliphatic rings. The first-order valence-electron chi connectivity index (χ1n) is 7.53. The van der Waals surface area contributed by atoms with E-state index in [-0.39, 0.29) is 17.2 Å². The van der Waals surface area contributed by atoms with Crippen molar-refractivity contribution < 1.29 is 14.6 Å². The van der Waals surface area contributed by atoms with Crippen LogP contribution in [-0.4, -0.2) is 17.6 Å². The summed E-state index contributed by atoms with van der Waals surface area (Å²) in [6.45, 7) is 2.86. The quantitative estimate of drug-likeness (QED) is 0.753. The normalized spacial score (nSPS) is 10.2. The number of nitrogens with one attached hydrogen (secondary N) is 1. The summed E-state index contributed by atoms with van der Waals surface area (Å²) < 4.78 is 5.62. The van der Waals surface area contributed by atoms with Gasteiger partial charge in [-0.25, -0.2) is 0 Å². The van der Waals surface area contributed by atoms with E-state index in [1.54, 1.807) is 30.3 Å². The van der Waals surface area contributed by atoms with Gasteiger partial charge >= 0.3 is 0 Å². The smallest absolute Gasteiger partial charge is 0.259 e. The number of phenols is 1. The zero-order valence-corrected chi connectivity index (χ0v) is 12.7. The number of carbonyl (C=O) groups excluding carboxylic acids is 1. The maximum Gasteiger partial charge on any atom is 0.259 e. The van der Waals surface area contributed by atoms with Gasteiger partial charge in [0.1, 0.15) is 11.5 Å². The highest BCUT2D eigenvalue weighted by Gasteiger charge is 2.10. The molecule has 4 nitrogen and oxygen atoms in total. The third-order valence-corrected chi connectivity index (χ3v) is 3.28. The summed E-state index contributed by atoms with van der Waals surface area (Å²) >= 11 is 0. The number of aromatic hydroxyl groups is 1. The Hall–Kier alpha value is -2.49. The van der Waals surface area contributed by atoms with Crippen LogP contribution in [0.5, 0.6) is 11.5 Å². The number of hydrogen-bond donors (Lipinski definition) is 2. The molecule has 0 aliphatic heterocycles. The second-order valence-corrected chi connectivity index (χ2v) is 5.05. The van der Waals surface area contributed by atoms with E-state index in [9.17, 15) is 9.90 Å². The predicted octanol–water partition coefficient (Wildman–Crippen LogP) is 4.21. The molecule has 0 aromatic heterocycles. The average Bonchev–Trinajstić information content (AvgIpc) is 2.53. The maximum absolute atomic E-state index is 12.1. The number of amides is 1. The molecule has 2 N–H and O–H groups in total. The molecular formula is C18H21NO3. The van der Waals surface area contributed by atoms with E-state index in [4.69, 9.17) is 4.74 Å². The Kier molecular flexibility index (Phi) is 5.83. The van der Waals surface area contributed by atoms with E-state index in [0.717, 1.165) is 18.6 Å². The summed E-state index contributed by atoms with van der Waals surface area (Å²) in [5.41, 5.74) is 0.913. The Bertz CT molecular complexity index is 608. The molecule has 2 aromatic carbocycles. The fourth-order valence-corrected chi connectivity index (χ4v) is 2.04. The molecule has 2 rings (SSSR count). The van der Waals surface area contributed by atoms with Crippen molar-refractivity contribution in [3.8, 4) is 11.5 Å². The largest absolute Gasteiger partial charge is 0.507 e. The minimum absolute atomic E-state index is 0.0316. The number of anilines is 1. The minimum Gasteiger partial charge on any atom is -0.507 e. The van der Waals surface area contributed by atoms with E-state index in [1.807, 2.05) is 12.1 Å². The van der Waals surface area contributed by atoms with Crippen LogP contribution in [0, 0.1) is 0 Å². The second-order valence-electron chi connectivity index (χ2n) is 5.05. The van der Waals surface area contributed by atoms with Gasteiger partial charge in [-0.05, 0) is 42.8 Å². The number of rotatable bonds is 7. The van der Waals surface area contributed by atoms with Crippen LogP contribution in [0.25, 0.3) is 0 Å². The molecule has 0 unspecified atom stereocenters. The van der Waals surface area contributed by atoms with Gasteiger partial charge in [0.15, 0.2) is 0 Å². The first-order valence-corrected chi connectivity index (χ1v) is 7.53. The summed E-state index contributed by atoms with van der Waals surface area (Å²) in [5.74, 6) is 0.419. The van der Waals surface area contributed by atoms with Gasteiger partial charge in [0, 0.05) is 5.69 Å². The van der Waals surface area contributed by atoms with E-state index in [2.05, 4.69) is 12.2 Å². The lowest BCUT2D eigenvalue weighted by Gasteiger charge is -2.09. The Labute approximate surface area is 130 Å². The fraction of sp³-hybridized carbons (Fsp3) is 0.278. The highest BCUT2D eigenvalue weighted by atomic mass is 16.5. The number of ether oxygens (including phenoxy) is 1. The Balaban J connectivity index is 1.91. The van der Waals surface area contributed by atoms with Crippen molar-refractivity contribution in [1.82, 2.24) is 0 Å². The van der Waals surface area contributed by atoms with Crippen LogP contribution in [-0.2, 0) is 0 Å². The molecule has 1 amide bonds. The molecule has 0 saturated carbocycles. The lowest BCUT2D eigenvalue weighted by molar-refractivity contribution is 0.102. The van der Waals surface area contributed by atoms with Gasteiger partial charge in [0.05, 0.1) is 12.2 Å². The zero-order chi connectivity index (χ0) is 15.8. The van der Waals surface area contributed by atoms with E-state index in [1.165, 1.54) is 12.5 Å². The number of carbonyl (C=O) groups is 1. The Morgan fingerprint density at radius 2 is 1.82 bits per heavy atom. The summed E-state index contributed by atoms with van der Waals surface area (Å²) in [7, 11) is 0. The number of para-hydroxylation sites is 1. The van der Waals surface area contributed by atoms with Crippen molar-refractivity contribution in [1.29, 1.82) is 0 Å². The van der Waals surface area contributed by atoms with Gasteiger partial charge in [0.2, 0.25) is 0 Å². The van der Waals surface area contributed by atoms with Gasteiger partial charge in [-0.3, -0.25) is 4.79 Å². The standard InChI is InChI=1S/C18H21NO3/c1-2-3-6-13-22-15-11-9-14(10-12-15)19-18(21)16-7-4-5-8-17(16)20/h4-5,7-12,20H,2-3,6,13H2,1H3,(H,19,21). The number of phenolic OH excluding ortho intramolecular Hbond substituents is 1. The van der Waals surface area contributed by atoms with Crippen LogP contribution in [0.3, 0.4) is 0 Å². The molecule has 0 spiro atoms. The molecule has 116 valence electrons. The fourth-order valence-electron chi connectivity index (χ4n) is 2.04. The molecule has 0 heterocycles. The molecule has 0 fully saturated rings. The Morgan fingerprint density at radius 3 is 2.50 bits per heavy atom. The first kappa shape index (κ1) is 15.9. The topological polar surface area (TPSA) is 58.6 Å². The van der Waals surface area contributed by atoms with E-state index in [0.29, 0.717) is 12.3 Å². The van der Waals surface area contributed by atoms with Crippen molar-refractivity contribution in [3.05, 3.63) is 54.1 Å². The van der Waals surface area contributed by atoms with E-state index < -0.39 is 0 Å². The van der Waals surface area contributed by atoms with Crippen molar-refractivity contribution in [3.63, 3.8) is 0 Å². The molecule has 2 aromatic rings. The molecule has 0 radical (unpaired) electrons. The summed E-state index contributed by atoms with van der Waals surface area (Å²) in [6.07, 6.45) is 3.37. The number of benzene rings is 2. The van der Waals surface area contributed by atoms with Crippen LogP contribution in [0.15, 0.2) is 48.5 Å². The van der Waals surface area contributed by atoms with Crippen LogP contribution < -0.4 is 10.1 Å². The summed E-state index contributed by atoms with van der Waals surface area (Å²) in [5, 5.41) is 12.4. The molecule has 0 bridgehead atoms. The van der Waals surface area contributed by atoms with Crippen molar-refractivity contribution in [2.24, 2.45) is 0 Å². The van der Waals surface area contributed by atoms with E-state index >= 15 is 0 Å². The lowest BCUT2D eigenvalue weighted by Crippen LogP contribution is -2.11. The second kappa shape index (κ2) is 8.08. The Morgan fingerprint density at radius 1 is 1.09 bits per heavy atom. The third-order valence-electron chi connectivity index (χ3n) is 3.28. The predicted molar refractivity (Wildman–Crippen MR) is 87.5 cm³/mol. The zero-order valence-electron chi connectivity index (χ0n) is 12.7. The van der Waals surface area contributed by atoms with Gasteiger partial charge in [0.25, 0.3) is 5.91 Å². The highest BCUT2D eigenvalue weighted by molar-refractivity contribution is 6.06. The average molecular weight is 299 g/mol. The van der Waals surface area contributed by atoms with Crippen LogP contribution in [0.2, 0.25) is 0 Å². The first-order chi connectivity index (χ1) is 10.7. The monoisotopic (exact) mass is 299 g/mol. The van der Waals surface area contributed by atoms with Gasteiger partial charge in [-0.2, -0.15) is 0 Å².